The van der Waals surface area contributed by atoms with Gasteiger partial charge in [-0.1, -0.05) is 36.4 Å². The molecule has 0 unspecified atom stereocenters. The van der Waals surface area contributed by atoms with E-state index in [0.717, 1.165) is 27.7 Å². The minimum absolute atomic E-state index is 0.351. The number of benzene rings is 2. The number of carboxylic acids is 1. The number of nitrogens with one attached hydrogen (secondary N) is 2. The predicted octanol–water partition coefficient (Wildman–Crippen LogP) is 1.14. The van der Waals surface area contributed by atoms with Crippen molar-refractivity contribution in [1.29, 1.82) is 0 Å². The summed E-state index contributed by atoms with van der Waals surface area (Å²) in [5, 5.41) is 13.4. The van der Waals surface area contributed by atoms with Gasteiger partial charge in [0.1, 0.15) is 6.04 Å². The van der Waals surface area contributed by atoms with Crippen LogP contribution in [0.4, 0.5) is 0 Å². The van der Waals surface area contributed by atoms with Crippen LogP contribution in [0.5, 0.6) is 0 Å². The molecule has 0 aliphatic heterocycles. The summed E-state index contributed by atoms with van der Waals surface area (Å²) in [5.41, 5.74) is 9.05. The van der Waals surface area contributed by atoms with E-state index in [1.807, 2.05) is 48.7 Å². The Balaban J connectivity index is 1.79. The van der Waals surface area contributed by atoms with Crippen LogP contribution in [0, 0.1) is 0 Å². The fourth-order valence-electron chi connectivity index (χ4n) is 3.44. The number of para-hydroxylation sites is 2. The van der Waals surface area contributed by atoms with E-state index in [2.05, 4.69) is 21.8 Å². The van der Waals surface area contributed by atoms with Gasteiger partial charge in [-0.2, -0.15) is 0 Å². The molecule has 0 saturated carbocycles. The van der Waals surface area contributed by atoms with Crippen LogP contribution in [0.2, 0.25) is 0 Å². The molecule has 0 bridgehead atoms. The molecule has 2 aromatic heterocycles. The average Bonchev–Trinajstić information content (AvgIpc) is 3.17. The number of H-pyrrole nitrogens is 2. The molecule has 0 fully saturated rings. The molecule has 5 heteroatoms. The minimum Gasteiger partial charge on any atom is -0.544 e. The lowest BCUT2D eigenvalue weighted by Gasteiger charge is -2.11. The van der Waals surface area contributed by atoms with E-state index < -0.39 is 12.0 Å². The van der Waals surface area contributed by atoms with Crippen molar-refractivity contribution in [3.8, 4) is 0 Å². The maximum absolute atomic E-state index is 11.2. The molecule has 5 N–H and O–H groups in total. The Labute approximate surface area is 144 Å². The summed E-state index contributed by atoms with van der Waals surface area (Å²) in [6.45, 7) is 0. The molecule has 0 spiro atoms. The normalized spacial score (nSPS) is 12.7. The van der Waals surface area contributed by atoms with E-state index in [0.29, 0.717) is 12.8 Å². The third-order valence-electron chi connectivity index (χ3n) is 4.73. The molecule has 0 radical (unpaired) electrons. The number of hydrogen-bond donors (Lipinski definition) is 3. The monoisotopic (exact) mass is 333 g/mol. The van der Waals surface area contributed by atoms with Crippen LogP contribution in [0.1, 0.15) is 16.8 Å². The van der Waals surface area contributed by atoms with Crippen molar-refractivity contribution in [2.45, 2.75) is 18.9 Å². The zero-order valence-corrected chi connectivity index (χ0v) is 13.7. The molecule has 4 rings (SSSR count). The molecule has 0 amide bonds. The number of rotatable bonds is 5. The molecular weight excluding hydrogens is 314 g/mol. The molecule has 5 nitrogen and oxygen atoms in total. The quantitative estimate of drug-likeness (QED) is 0.510. The highest BCUT2D eigenvalue weighted by atomic mass is 16.4. The maximum atomic E-state index is 11.2. The van der Waals surface area contributed by atoms with Gasteiger partial charge in [-0.25, -0.2) is 0 Å². The van der Waals surface area contributed by atoms with Gasteiger partial charge in [0.05, 0.1) is 5.97 Å². The molecule has 2 heterocycles. The van der Waals surface area contributed by atoms with Gasteiger partial charge in [-0.3, -0.25) is 0 Å². The highest BCUT2D eigenvalue weighted by Crippen LogP contribution is 2.27. The van der Waals surface area contributed by atoms with Crippen LogP contribution in [0.15, 0.2) is 54.7 Å². The van der Waals surface area contributed by atoms with Crippen molar-refractivity contribution in [2.24, 2.45) is 0 Å². The number of aromatic nitrogens is 2. The molecule has 126 valence electrons. The van der Waals surface area contributed by atoms with E-state index in [-0.39, 0.29) is 0 Å². The molecule has 1 atom stereocenters. The van der Waals surface area contributed by atoms with Crippen molar-refractivity contribution in [1.82, 2.24) is 9.97 Å². The van der Waals surface area contributed by atoms with Crippen molar-refractivity contribution in [2.75, 3.05) is 0 Å². The Kier molecular flexibility index (Phi) is 3.78. The number of hydrogen-bond acceptors (Lipinski definition) is 2. The van der Waals surface area contributed by atoms with Gasteiger partial charge in [0, 0.05) is 46.5 Å². The fourth-order valence-corrected chi connectivity index (χ4v) is 3.44. The molecule has 25 heavy (non-hydrogen) atoms. The Morgan fingerprint density at radius 2 is 1.72 bits per heavy atom. The second-order valence-electron chi connectivity index (χ2n) is 6.38. The lowest BCUT2D eigenvalue weighted by Crippen LogP contribution is -2.69. The highest BCUT2D eigenvalue weighted by Gasteiger charge is 2.18. The largest absolute Gasteiger partial charge is 0.544 e. The van der Waals surface area contributed by atoms with Gasteiger partial charge in [-0.15, -0.1) is 0 Å². The summed E-state index contributed by atoms with van der Waals surface area (Å²) in [5.74, 6) is -1.12. The number of fused-ring (bicyclic) bond motifs is 2. The summed E-state index contributed by atoms with van der Waals surface area (Å²) in [6.07, 6.45) is 3.07. The van der Waals surface area contributed by atoms with Crippen LogP contribution < -0.4 is 10.8 Å². The lowest BCUT2D eigenvalue weighted by molar-refractivity contribution is -0.436. The first kappa shape index (κ1) is 15.5. The molecule has 0 aliphatic rings. The first-order valence-electron chi connectivity index (χ1n) is 8.31. The molecule has 2 aromatic carbocycles. The number of quaternary nitrogens is 1. The standard InChI is InChI=1S/C20H19N3O2/c21-16(20(24)25)10-15-14-6-2-4-8-18(14)23-19(15)9-12-11-22-17-7-3-1-5-13(12)17/h1-8,11,16,22-23H,9-10,21H2,(H,24,25)/t16-/m0/s1. The topological polar surface area (TPSA) is 99.3 Å². The van der Waals surface area contributed by atoms with Crippen molar-refractivity contribution >= 4 is 27.8 Å². The van der Waals surface area contributed by atoms with Gasteiger partial charge in [-0.05, 0) is 23.3 Å². The Morgan fingerprint density at radius 1 is 1.04 bits per heavy atom. The summed E-state index contributed by atoms with van der Waals surface area (Å²) in [4.78, 5) is 17.9. The van der Waals surface area contributed by atoms with Crippen LogP contribution in [-0.2, 0) is 17.6 Å². The second-order valence-corrected chi connectivity index (χ2v) is 6.38. The number of carboxylic acid groups (broad SMARTS) is 1. The average molecular weight is 333 g/mol. The molecular formula is C20H19N3O2. The number of carbonyl (C=O) groups is 1. The van der Waals surface area contributed by atoms with Gasteiger partial charge >= 0.3 is 0 Å². The smallest absolute Gasteiger partial charge is 0.129 e. The second kappa shape index (κ2) is 6.11. The Morgan fingerprint density at radius 3 is 2.48 bits per heavy atom. The molecule has 4 aromatic rings. The first-order chi connectivity index (χ1) is 12.1. The Hall–Kier alpha value is -3.05. The maximum Gasteiger partial charge on any atom is 0.129 e. The number of carbonyl (C=O) groups excluding carboxylic acids is 1. The van der Waals surface area contributed by atoms with Crippen molar-refractivity contribution in [3.05, 3.63) is 71.5 Å². The fraction of sp³-hybridized carbons (Fsp3) is 0.150. The van der Waals surface area contributed by atoms with Crippen molar-refractivity contribution in [3.63, 3.8) is 0 Å². The van der Waals surface area contributed by atoms with E-state index >= 15 is 0 Å². The van der Waals surface area contributed by atoms with E-state index in [1.54, 1.807) is 0 Å². The third kappa shape index (κ3) is 2.79. The summed E-state index contributed by atoms with van der Waals surface area (Å²) in [7, 11) is 0. The van der Waals surface area contributed by atoms with Gasteiger partial charge in [0.2, 0.25) is 0 Å². The van der Waals surface area contributed by atoms with Crippen molar-refractivity contribution < 1.29 is 15.6 Å². The minimum atomic E-state index is -1.12. The lowest BCUT2D eigenvalue weighted by atomic mass is 9.99. The zero-order chi connectivity index (χ0) is 17.4. The van der Waals surface area contributed by atoms with Gasteiger partial charge in [0.15, 0.2) is 0 Å². The van der Waals surface area contributed by atoms with Gasteiger partial charge in [0.25, 0.3) is 0 Å². The summed E-state index contributed by atoms with van der Waals surface area (Å²) >= 11 is 0. The summed E-state index contributed by atoms with van der Waals surface area (Å²) in [6, 6.07) is 15.3. The van der Waals surface area contributed by atoms with E-state index in [9.17, 15) is 9.90 Å². The summed E-state index contributed by atoms with van der Waals surface area (Å²) < 4.78 is 0. The van der Waals surface area contributed by atoms with Crippen LogP contribution in [0.3, 0.4) is 0 Å². The van der Waals surface area contributed by atoms with Crippen LogP contribution in [0.25, 0.3) is 21.8 Å². The molecule has 0 aliphatic carbocycles. The van der Waals surface area contributed by atoms with E-state index in [1.165, 1.54) is 10.9 Å². The number of aromatic amines is 2. The zero-order valence-electron chi connectivity index (χ0n) is 13.7. The highest BCUT2D eigenvalue weighted by molar-refractivity contribution is 5.87. The van der Waals surface area contributed by atoms with Gasteiger partial charge < -0.3 is 25.6 Å². The van der Waals surface area contributed by atoms with E-state index in [4.69, 9.17) is 0 Å². The van der Waals surface area contributed by atoms with Crippen LogP contribution in [-0.4, -0.2) is 22.0 Å². The first-order valence-corrected chi connectivity index (χ1v) is 8.31. The Bertz CT molecular complexity index is 1060. The third-order valence-corrected chi connectivity index (χ3v) is 4.73. The molecule has 0 saturated heterocycles. The number of aliphatic carboxylic acids is 1. The SMILES string of the molecule is [NH3+][C@@H](Cc1c(Cc2c[nH]c3ccccc23)[nH]c2ccccc12)C(=O)[O-]. The predicted molar refractivity (Wildman–Crippen MR) is 94.8 cm³/mol. The van der Waals surface area contributed by atoms with Crippen LogP contribution >= 0.6 is 0 Å².